The van der Waals surface area contributed by atoms with Crippen LogP contribution in [0.15, 0.2) is 24.3 Å². The van der Waals surface area contributed by atoms with Crippen molar-refractivity contribution >= 4 is 23.4 Å². The molecule has 1 aliphatic heterocycles. The van der Waals surface area contributed by atoms with Crippen LogP contribution in [0.1, 0.15) is 31.1 Å². The third-order valence-electron chi connectivity index (χ3n) is 3.88. The molecule has 1 heterocycles. The molecule has 1 N–H and O–H groups in total. The van der Waals surface area contributed by atoms with Crippen molar-refractivity contribution < 1.29 is 14.3 Å². The van der Waals surface area contributed by atoms with Gasteiger partial charge in [0.1, 0.15) is 6.04 Å². The number of halogens is 1. The standard InChI is InChI=1S/C17H23ClN2O3/c1-11(2)15(17(22)20-8-9-23-12(3)10-20)19-16(21)13-4-6-14(18)7-5-13/h4-7,11-12,15H,8-10H2,1-3H3,(H,19,21)/t12-,15-/m0/s1. The molecule has 0 spiro atoms. The molecule has 1 aromatic carbocycles. The van der Waals surface area contributed by atoms with Gasteiger partial charge in [-0.05, 0) is 37.1 Å². The maximum atomic E-state index is 12.7. The van der Waals surface area contributed by atoms with E-state index in [0.717, 1.165) is 0 Å². The molecule has 0 aliphatic carbocycles. The molecule has 2 atom stereocenters. The van der Waals surface area contributed by atoms with Crippen LogP contribution in [0.5, 0.6) is 0 Å². The average molecular weight is 339 g/mol. The van der Waals surface area contributed by atoms with E-state index in [4.69, 9.17) is 16.3 Å². The van der Waals surface area contributed by atoms with Crippen molar-refractivity contribution in [2.24, 2.45) is 5.92 Å². The van der Waals surface area contributed by atoms with Crippen LogP contribution in [0, 0.1) is 5.92 Å². The summed E-state index contributed by atoms with van der Waals surface area (Å²) in [5.41, 5.74) is 0.489. The molecule has 2 amide bonds. The van der Waals surface area contributed by atoms with E-state index in [0.29, 0.717) is 30.3 Å². The largest absolute Gasteiger partial charge is 0.375 e. The molecule has 1 fully saturated rings. The van der Waals surface area contributed by atoms with E-state index in [1.54, 1.807) is 29.2 Å². The Morgan fingerprint density at radius 2 is 1.96 bits per heavy atom. The number of amides is 2. The summed E-state index contributed by atoms with van der Waals surface area (Å²) in [7, 11) is 0. The summed E-state index contributed by atoms with van der Waals surface area (Å²) in [5.74, 6) is -0.329. The lowest BCUT2D eigenvalue weighted by molar-refractivity contribution is -0.141. The lowest BCUT2D eigenvalue weighted by Crippen LogP contribution is -2.55. The molecule has 1 aliphatic rings. The van der Waals surface area contributed by atoms with Gasteiger partial charge in [-0.25, -0.2) is 0 Å². The second kappa shape index (κ2) is 7.79. The number of carbonyl (C=O) groups is 2. The number of morpholine rings is 1. The van der Waals surface area contributed by atoms with Gasteiger partial charge in [-0.15, -0.1) is 0 Å². The van der Waals surface area contributed by atoms with Gasteiger partial charge in [0.25, 0.3) is 5.91 Å². The van der Waals surface area contributed by atoms with Crippen molar-refractivity contribution in [3.05, 3.63) is 34.9 Å². The number of nitrogens with zero attached hydrogens (tertiary/aromatic N) is 1. The Balaban J connectivity index is 2.07. The lowest BCUT2D eigenvalue weighted by Gasteiger charge is -2.35. The van der Waals surface area contributed by atoms with Gasteiger partial charge in [0, 0.05) is 23.7 Å². The average Bonchev–Trinajstić information content (AvgIpc) is 2.52. The fourth-order valence-electron chi connectivity index (χ4n) is 2.55. The van der Waals surface area contributed by atoms with E-state index in [9.17, 15) is 9.59 Å². The summed E-state index contributed by atoms with van der Waals surface area (Å²) < 4.78 is 5.47. The molecule has 6 heteroatoms. The van der Waals surface area contributed by atoms with Gasteiger partial charge in [0.05, 0.1) is 12.7 Å². The Kier molecular flexibility index (Phi) is 6.02. The van der Waals surface area contributed by atoms with Crippen LogP contribution >= 0.6 is 11.6 Å². The first-order valence-corrected chi connectivity index (χ1v) is 8.23. The van der Waals surface area contributed by atoms with Crippen molar-refractivity contribution in [2.45, 2.75) is 32.9 Å². The first-order chi connectivity index (χ1) is 10.9. The molecule has 0 unspecified atom stereocenters. The minimum Gasteiger partial charge on any atom is -0.375 e. The van der Waals surface area contributed by atoms with Crippen LogP contribution in [0.25, 0.3) is 0 Å². The normalized spacial score (nSPS) is 19.5. The third kappa shape index (κ3) is 4.69. The molecule has 0 radical (unpaired) electrons. The highest BCUT2D eigenvalue weighted by atomic mass is 35.5. The smallest absolute Gasteiger partial charge is 0.251 e. The van der Waals surface area contributed by atoms with Crippen LogP contribution in [-0.2, 0) is 9.53 Å². The monoisotopic (exact) mass is 338 g/mol. The number of hydrogen-bond donors (Lipinski definition) is 1. The van der Waals surface area contributed by atoms with E-state index in [1.165, 1.54) is 0 Å². The van der Waals surface area contributed by atoms with Gasteiger partial charge in [0.2, 0.25) is 5.91 Å². The van der Waals surface area contributed by atoms with Gasteiger partial charge >= 0.3 is 0 Å². The number of benzene rings is 1. The van der Waals surface area contributed by atoms with E-state index < -0.39 is 6.04 Å². The molecule has 126 valence electrons. The minimum absolute atomic E-state index is 0.00287. The Morgan fingerprint density at radius 3 is 2.52 bits per heavy atom. The van der Waals surface area contributed by atoms with Crippen molar-refractivity contribution in [1.29, 1.82) is 0 Å². The second-order valence-electron chi connectivity index (χ2n) is 6.17. The zero-order chi connectivity index (χ0) is 17.0. The lowest BCUT2D eigenvalue weighted by atomic mass is 10.0. The predicted octanol–water partition coefficient (Wildman–Crippen LogP) is 2.34. The van der Waals surface area contributed by atoms with Crippen LogP contribution in [0.3, 0.4) is 0 Å². The second-order valence-corrected chi connectivity index (χ2v) is 6.60. The molecule has 5 nitrogen and oxygen atoms in total. The molecular formula is C17H23ClN2O3. The molecule has 23 heavy (non-hydrogen) atoms. The fourth-order valence-corrected chi connectivity index (χ4v) is 2.68. The molecule has 2 rings (SSSR count). The zero-order valence-electron chi connectivity index (χ0n) is 13.7. The van der Waals surface area contributed by atoms with E-state index in [2.05, 4.69) is 5.32 Å². The van der Waals surface area contributed by atoms with Gasteiger partial charge in [-0.3, -0.25) is 9.59 Å². The number of rotatable bonds is 4. The first-order valence-electron chi connectivity index (χ1n) is 7.85. The number of hydrogen-bond acceptors (Lipinski definition) is 3. The summed E-state index contributed by atoms with van der Waals surface area (Å²) in [6.45, 7) is 7.43. The summed E-state index contributed by atoms with van der Waals surface area (Å²) in [6.07, 6.45) is 0.0208. The zero-order valence-corrected chi connectivity index (χ0v) is 14.5. The van der Waals surface area contributed by atoms with Gasteiger partial charge in [0.15, 0.2) is 0 Å². The summed E-state index contributed by atoms with van der Waals surface area (Å²) >= 11 is 5.83. The van der Waals surface area contributed by atoms with Crippen molar-refractivity contribution in [2.75, 3.05) is 19.7 Å². The van der Waals surface area contributed by atoms with E-state index in [1.807, 2.05) is 20.8 Å². The highest BCUT2D eigenvalue weighted by molar-refractivity contribution is 6.30. The fraction of sp³-hybridized carbons (Fsp3) is 0.529. The third-order valence-corrected chi connectivity index (χ3v) is 4.13. The van der Waals surface area contributed by atoms with Crippen LogP contribution in [0.4, 0.5) is 0 Å². The summed E-state index contributed by atoms with van der Waals surface area (Å²) in [4.78, 5) is 26.9. The van der Waals surface area contributed by atoms with Crippen LogP contribution in [0.2, 0.25) is 5.02 Å². The Hall–Kier alpha value is -1.59. The van der Waals surface area contributed by atoms with Gasteiger partial charge in [-0.2, -0.15) is 0 Å². The van der Waals surface area contributed by atoms with Crippen molar-refractivity contribution in [3.8, 4) is 0 Å². The van der Waals surface area contributed by atoms with Crippen molar-refractivity contribution in [3.63, 3.8) is 0 Å². The molecule has 0 bridgehead atoms. The maximum absolute atomic E-state index is 12.7. The highest BCUT2D eigenvalue weighted by Gasteiger charge is 2.31. The molecule has 1 saturated heterocycles. The van der Waals surface area contributed by atoms with E-state index >= 15 is 0 Å². The quantitative estimate of drug-likeness (QED) is 0.916. The first kappa shape index (κ1) is 17.8. The van der Waals surface area contributed by atoms with Crippen LogP contribution in [-0.4, -0.2) is 48.6 Å². The molecular weight excluding hydrogens is 316 g/mol. The van der Waals surface area contributed by atoms with Crippen molar-refractivity contribution in [1.82, 2.24) is 10.2 Å². The summed E-state index contributed by atoms with van der Waals surface area (Å²) in [6, 6.07) is 6.06. The molecule has 0 aromatic heterocycles. The van der Waals surface area contributed by atoms with Gasteiger partial charge < -0.3 is 15.0 Å². The van der Waals surface area contributed by atoms with E-state index in [-0.39, 0.29) is 23.8 Å². The van der Waals surface area contributed by atoms with Gasteiger partial charge in [-0.1, -0.05) is 25.4 Å². The maximum Gasteiger partial charge on any atom is 0.251 e. The topological polar surface area (TPSA) is 58.6 Å². The van der Waals surface area contributed by atoms with Crippen LogP contribution < -0.4 is 5.32 Å². The predicted molar refractivity (Wildman–Crippen MR) is 89.5 cm³/mol. The Bertz CT molecular complexity index is 559. The SMILES string of the molecule is CC(C)[C@H](NC(=O)c1ccc(Cl)cc1)C(=O)N1CCO[C@@H](C)C1. The Morgan fingerprint density at radius 1 is 1.30 bits per heavy atom. The minimum atomic E-state index is -0.552. The molecule has 0 saturated carbocycles. The summed E-state index contributed by atoms with van der Waals surface area (Å²) in [5, 5.41) is 3.42. The number of nitrogens with one attached hydrogen (secondary N) is 1. The number of carbonyl (C=O) groups excluding carboxylic acids is 2. The number of ether oxygens (including phenoxy) is 1. The molecule has 1 aromatic rings. The Labute approximate surface area is 141 Å². The highest BCUT2D eigenvalue weighted by Crippen LogP contribution is 2.13.